The van der Waals surface area contributed by atoms with E-state index in [1.165, 1.54) is 18.2 Å². The highest BCUT2D eigenvalue weighted by molar-refractivity contribution is 9.10. The molecule has 0 unspecified atom stereocenters. The van der Waals surface area contributed by atoms with Gasteiger partial charge in [0.1, 0.15) is 5.82 Å². The molecule has 3 rings (SSSR count). The standard InChI is InChI=1S/C22H16BrFN2O2/c1-13-9-17(14(2)26(13)21-8-7-19(23)11-20(21)24)10-18(12-25)15-3-5-16(6-4-15)22(27)28/h3-11H,1-2H3,(H,27,28). The second-order valence-corrected chi connectivity index (χ2v) is 7.23. The molecule has 0 fully saturated rings. The summed E-state index contributed by atoms with van der Waals surface area (Å²) >= 11 is 3.26. The predicted octanol–water partition coefficient (Wildman–Crippen LogP) is 5.76. The molecule has 2 aromatic carbocycles. The second-order valence-electron chi connectivity index (χ2n) is 6.31. The summed E-state index contributed by atoms with van der Waals surface area (Å²) in [5.41, 5.74) is 4.03. The van der Waals surface area contributed by atoms with Gasteiger partial charge < -0.3 is 9.67 Å². The number of aromatic carboxylic acids is 1. The molecule has 4 nitrogen and oxygen atoms in total. The van der Waals surface area contributed by atoms with Gasteiger partial charge in [-0.2, -0.15) is 5.26 Å². The van der Waals surface area contributed by atoms with E-state index in [9.17, 15) is 14.4 Å². The van der Waals surface area contributed by atoms with Gasteiger partial charge in [0.25, 0.3) is 0 Å². The summed E-state index contributed by atoms with van der Waals surface area (Å²) in [5, 5.41) is 18.6. The average molecular weight is 439 g/mol. The maximum atomic E-state index is 14.4. The van der Waals surface area contributed by atoms with Gasteiger partial charge in [-0.1, -0.05) is 28.1 Å². The van der Waals surface area contributed by atoms with Crippen molar-refractivity contribution in [3.8, 4) is 11.8 Å². The van der Waals surface area contributed by atoms with E-state index in [0.717, 1.165) is 17.0 Å². The van der Waals surface area contributed by atoms with Crippen molar-refractivity contribution in [2.75, 3.05) is 0 Å². The number of carboxylic acid groups (broad SMARTS) is 1. The molecule has 0 aliphatic rings. The Balaban J connectivity index is 2.06. The molecule has 3 aromatic rings. The molecule has 1 aromatic heterocycles. The van der Waals surface area contributed by atoms with Crippen molar-refractivity contribution in [3.63, 3.8) is 0 Å². The van der Waals surface area contributed by atoms with Gasteiger partial charge in [0.15, 0.2) is 0 Å². The SMILES string of the molecule is Cc1cc(C=C(C#N)c2ccc(C(=O)O)cc2)c(C)n1-c1ccc(Br)cc1F. The van der Waals surface area contributed by atoms with E-state index in [0.29, 0.717) is 21.3 Å². The maximum absolute atomic E-state index is 14.4. The number of aromatic nitrogens is 1. The van der Waals surface area contributed by atoms with Crippen LogP contribution in [0, 0.1) is 31.0 Å². The first-order chi connectivity index (χ1) is 13.3. The summed E-state index contributed by atoms with van der Waals surface area (Å²) in [6, 6.07) is 15.1. The molecule has 1 N–H and O–H groups in total. The van der Waals surface area contributed by atoms with Crippen LogP contribution in [0.4, 0.5) is 4.39 Å². The number of hydrogen-bond donors (Lipinski definition) is 1. The smallest absolute Gasteiger partial charge is 0.335 e. The highest BCUT2D eigenvalue weighted by Gasteiger charge is 2.14. The normalized spacial score (nSPS) is 11.3. The van der Waals surface area contributed by atoms with Gasteiger partial charge in [0, 0.05) is 15.9 Å². The lowest BCUT2D eigenvalue weighted by Gasteiger charge is -2.11. The largest absolute Gasteiger partial charge is 0.478 e. The summed E-state index contributed by atoms with van der Waals surface area (Å²) in [6.45, 7) is 3.74. The van der Waals surface area contributed by atoms with Crippen molar-refractivity contribution < 1.29 is 14.3 Å². The van der Waals surface area contributed by atoms with Crippen LogP contribution in [0.5, 0.6) is 0 Å². The zero-order valence-corrected chi connectivity index (χ0v) is 16.8. The quantitative estimate of drug-likeness (QED) is 0.526. The predicted molar refractivity (Wildman–Crippen MR) is 110 cm³/mol. The molecule has 0 saturated carbocycles. The van der Waals surface area contributed by atoms with E-state index >= 15 is 0 Å². The number of nitrogens with zero attached hydrogens (tertiary/aromatic N) is 2. The summed E-state index contributed by atoms with van der Waals surface area (Å²) in [5.74, 6) is -1.37. The summed E-state index contributed by atoms with van der Waals surface area (Å²) < 4.78 is 16.9. The summed E-state index contributed by atoms with van der Waals surface area (Å²) in [4.78, 5) is 11.0. The fourth-order valence-electron chi connectivity index (χ4n) is 3.10. The van der Waals surface area contributed by atoms with Crippen molar-refractivity contribution in [1.29, 1.82) is 5.26 Å². The molecule has 0 aliphatic heterocycles. The van der Waals surface area contributed by atoms with Crippen molar-refractivity contribution >= 4 is 33.5 Å². The van der Waals surface area contributed by atoms with E-state index < -0.39 is 5.97 Å². The molecule has 0 bridgehead atoms. The molecule has 140 valence electrons. The molecule has 28 heavy (non-hydrogen) atoms. The number of nitriles is 1. The minimum atomic E-state index is -1.02. The topological polar surface area (TPSA) is 66.0 Å². The molecule has 0 saturated heterocycles. The van der Waals surface area contributed by atoms with Gasteiger partial charge in [-0.3, -0.25) is 0 Å². The third-order valence-electron chi connectivity index (χ3n) is 4.48. The molecule has 0 spiro atoms. The monoisotopic (exact) mass is 438 g/mol. The van der Waals surface area contributed by atoms with Gasteiger partial charge in [0.2, 0.25) is 0 Å². The number of aryl methyl sites for hydroxylation is 1. The number of carboxylic acids is 1. The minimum Gasteiger partial charge on any atom is -0.478 e. The van der Waals surface area contributed by atoms with Gasteiger partial charge in [0.05, 0.1) is 22.9 Å². The Bertz CT molecular complexity index is 1140. The number of allylic oxidation sites excluding steroid dienone is 1. The van der Waals surface area contributed by atoms with Crippen molar-refractivity contribution in [2.45, 2.75) is 13.8 Å². The number of rotatable bonds is 4. The zero-order valence-electron chi connectivity index (χ0n) is 15.2. The Morgan fingerprint density at radius 3 is 2.36 bits per heavy atom. The highest BCUT2D eigenvalue weighted by atomic mass is 79.9. The Kier molecular flexibility index (Phi) is 5.48. The fraction of sp³-hybridized carbons (Fsp3) is 0.0909. The fourth-order valence-corrected chi connectivity index (χ4v) is 3.43. The third kappa shape index (κ3) is 3.75. The van der Waals surface area contributed by atoms with E-state index in [2.05, 4.69) is 22.0 Å². The van der Waals surface area contributed by atoms with Crippen LogP contribution in [-0.4, -0.2) is 15.6 Å². The molecule has 0 atom stereocenters. The first kappa shape index (κ1) is 19.6. The van der Waals surface area contributed by atoms with E-state index in [4.69, 9.17) is 5.11 Å². The number of carbonyl (C=O) groups is 1. The lowest BCUT2D eigenvalue weighted by molar-refractivity contribution is 0.0697. The number of hydrogen-bond acceptors (Lipinski definition) is 2. The van der Waals surface area contributed by atoms with Crippen LogP contribution >= 0.6 is 15.9 Å². The van der Waals surface area contributed by atoms with Crippen LogP contribution < -0.4 is 0 Å². The molecule has 0 aliphatic carbocycles. The molecular weight excluding hydrogens is 423 g/mol. The Morgan fingerprint density at radius 1 is 1.14 bits per heavy atom. The first-order valence-corrected chi connectivity index (χ1v) is 9.21. The molecule has 0 radical (unpaired) electrons. The highest BCUT2D eigenvalue weighted by Crippen LogP contribution is 2.27. The summed E-state index contributed by atoms with van der Waals surface area (Å²) in [6.07, 6.45) is 1.73. The van der Waals surface area contributed by atoms with Crippen LogP contribution in [0.25, 0.3) is 17.3 Å². The molecule has 1 heterocycles. The van der Waals surface area contributed by atoms with Crippen LogP contribution in [0.2, 0.25) is 0 Å². The molecule has 6 heteroatoms. The molecule has 0 amide bonds. The Labute approximate surface area is 170 Å². The minimum absolute atomic E-state index is 0.157. The lowest BCUT2D eigenvalue weighted by Crippen LogP contribution is -2.02. The van der Waals surface area contributed by atoms with E-state index in [1.807, 2.05) is 19.9 Å². The van der Waals surface area contributed by atoms with Gasteiger partial charge in [-0.15, -0.1) is 0 Å². The van der Waals surface area contributed by atoms with E-state index in [1.54, 1.807) is 34.9 Å². The van der Waals surface area contributed by atoms with Gasteiger partial charge in [-0.25, -0.2) is 9.18 Å². The second kappa shape index (κ2) is 7.83. The Morgan fingerprint density at radius 2 is 1.79 bits per heavy atom. The van der Waals surface area contributed by atoms with Crippen LogP contribution in [-0.2, 0) is 0 Å². The van der Waals surface area contributed by atoms with Gasteiger partial charge in [-0.05, 0) is 67.4 Å². The van der Waals surface area contributed by atoms with Crippen molar-refractivity contribution in [2.24, 2.45) is 0 Å². The number of benzene rings is 2. The third-order valence-corrected chi connectivity index (χ3v) is 4.98. The first-order valence-electron chi connectivity index (χ1n) is 8.41. The lowest BCUT2D eigenvalue weighted by atomic mass is 10.0. The maximum Gasteiger partial charge on any atom is 0.335 e. The zero-order chi connectivity index (χ0) is 20.4. The van der Waals surface area contributed by atoms with Crippen molar-refractivity contribution in [3.05, 3.63) is 86.9 Å². The van der Waals surface area contributed by atoms with Crippen molar-refractivity contribution in [1.82, 2.24) is 4.57 Å². The van der Waals surface area contributed by atoms with Crippen LogP contribution in [0.15, 0.2) is 53.0 Å². The van der Waals surface area contributed by atoms with Crippen LogP contribution in [0.3, 0.4) is 0 Å². The Hall–Kier alpha value is -3.17. The summed E-state index contributed by atoms with van der Waals surface area (Å²) in [7, 11) is 0. The van der Waals surface area contributed by atoms with Crippen LogP contribution in [0.1, 0.15) is 32.9 Å². The van der Waals surface area contributed by atoms with E-state index in [-0.39, 0.29) is 11.4 Å². The average Bonchev–Trinajstić information content (AvgIpc) is 2.93. The molecular formula is C22H16BrFN2O2. The number of halogens is 2. The van der Waals surface area contributed by atoms with Gasteiger partial charge >= 0.3 is 5.97 Å².